The summed E-state index contributed by atoms with van der Waals surface area (Å²) in [6.07, 6.45) is 0. The molecule has 96 valence electrons. The average molecular weight is 240 g/mol. The maximum Gasteiger partial charge on any atom is 0.320 e. The predicted octanol–water partition coefficient (Wildman–Crippen LogP) is 0.156. The fourth-order valence-electron chi connectivity index (χ4n) is 2.40. The van der Waals surface area contributed by atoms with Crippen LogP contribution in [-0.4, -0.2) is 72.1 Å². The molecule has 2 fully saturated rings. The van der Waals surface area contributed by atoms with Gasteiger partial charge in [-0.3, -0.25) is 0 Å². The Kier molecular flexibility index (Phi) is 3.13. The summed E-state index contributed by atoms with van der Waals surface area (Å²) < 4.78 is 0. The van der Waals surface area contributed by atoms with Crippen molar-refractivity contribution in [2.24, 2.45) is 0 Å². The number of piperazine rings is 1. The monoisotopic (exact) mass is 240 g/mol. The number of nitrogens with one attached hydrogen (secondary N) is 1. The summed E-state index contributed by atoms with van der Waals surface area (Å²) in [5.74, 6) is 0. The van der Waals surface area contributed by atoms with Crippen molar-refractivity contribution in [3.8, 4) is 0 Å². The van der Waals surface area contributed by atoms with E-state index in [1.807, 2.05) is 18.7 Å². The third kappa shape index (κ3) is 2.30. The molecule has 1 atom stereocenters. The maximum atomic E-state index is 11.9. The number of carbonyl (C=O) groups excluding carboxylic acids is 2. The van der Waals surface area contributed by atoms with Gasteiger partial charge in [0.05, 0.1) is 6.04 Å². The molecular formula is C11H20N4O2. The van der Waals surface area contributed by atoms with Gasteiger partial charge in [0.15, 0.2) is 0 Å². The summed E-state index contributed by atoms with van der Waals surface area (Å²) in [7, 11) is 1.80. The molecule has 2 aliphatic heterocycles. The van der Waals surface area contributed by atoms with Gasteiger partial charge < -0.3 is 20.0 Å². The van der Waals surface area contributed by atoms with Crippen LogP contribution >= 0.6 is 0 Å². The Balaban J connectivity index is 1.95. The zero-order valence-corrected chi connectivity index (χ0v) is 10.6. The highest BCUT2D eigenvalue weighted by Crippen LogP contribution is 2.19. The minimum Gasteiger partial charge on any atom is -0.336 e. The molecule has 2 heterocycles. The number of likely N-dealkylation sites (N-methyl/N-ethyl adjacent to an activating group) is 1. The maximum absolute atomic E-state index is 11.9. The smallest absolute Gasteiger partial charge is 0.320 e. The lowest BCUT2D eigenvalue weighted by molar-refractivity contribution is 0.128. The lowest BCUT2D eigenvalue weighted by Crippen LogP contribution is -2.56. The van der Waals surface area contributed by atoms with Crippen molar-refractivity contribution >= 4 is 12.1 Å². The number of rotatable bonds is 1. The average Bonchev–Trinajstić information content (AvgIpc) is 2.53. The number of urea groups is 2. The third-order valence-corrected chi connectivity index (χ3v) is 3.24. The van der Waals surface area contributed by atoms with Gasteiger partial charge in [-0.1, -0.05) is 0 Å². The SMILES string of the molecule is CC(C)NC(=O)N1CCN2C(=O)N(C)C[C@H]2C1. The van der Waals surface area contributed by atoms with Gasteiger partial charge in [-0.05, 0) is 13.8 Å². The first kappa shape index (κ1) is 12.0. The van der Waals surface area contributed by atoms with Gasteiger partial charge in [0.2, 0.25) is 0 Å². The van der Waals surface area contributed by atoms with E-state index in [9.17, 15) is 9.59 Å². The van der Waals surface area contributed by atoms with Gasteiger partial charge in [0.25, 0.3) is 0 Å². The summed E-state index contributed by atoms with van der Waals surface area (Å²) in [6.45, 7) is 6.50. The van der Waals surface area contributed by atoms with Crippen molar-refractivity contribution in [3.05, 3.63) is 0 Å². The molecule has 4 amide bonds. The normalized spacial score (nSPS) is 24.4. The van der Waals surface area contributed by atoms with Crippen LogP contribution < -0.4 is 5.32 Å². The van der Waals surface area contributed by atoms with E-state index >= 15 is 0 Å². The first-order valence-corrected chi connectivity index (χ1v) is 6.06. The molecule has 0 bridgehead atoms. The first-order valence-electron chi connectivity index (χ1n) is 6.06. The van der Waals surface area contributed by atoms with Crippen LogP contribution in [0.2, 0.25) is 0 Å². The number of fused-ring (bicyclic) bond motifs is 1. The van der Waals surface area contributed by atoms with E-state index in [-0.39, 0.29) is 24.1 Å². The Morgan fingerprint density at radius 3 is 2.71 bits per heavy atom. The molecule has 2 aliphatic rings. The standard InChI is InChI=1S/C11H20N4O2/c1-8(2)12-10(16)14-4-5-15-9(7-14)6-13(3)11(15)17/h8-9H,4-7H2,1-3H3,(H,12,16)/t9-/m0/s1. The van der Waals surface area contributed by atoms with Gasteiger partial charge in [0, 0.05) is 39.3 Å². The predicted molar refractivity (Wildman–Crippen MR) is 63.8 cm³/mol. The minimum absolute atomic E-state index is 0.0262. The van der Waals surface area contributed by atoms with Crippen molar-refractivity contribution in [1.29, 1.82) is 0 Å². The topological polar surface area (TPSA) is 55.9 Å². The lowest BCUT2D eigenvalue weighted by Gasteiger charge is -2.36. The van der Waals surface area contributed by atoms with E-state index in [4.69, 9.17) is 0 Å². The van der Waals surface area contributed by atoms with Crippen LogP contribution in [0.3, 0.4) is 0 Å². The molecule has 17 heavy (non-hydrogen) atoms. The van der Waals surface area contributed by atoms with Crippen molar-refractivity contribution in [3.63, 3.8) is 0 Å². The number of hydrogen-bond acceptors (Lipinski definition) is 2. The molecule has 6 nitrogen and oxygen atoms in total. The van der Waals surface area contributed by atoms with Gasteiger partial charge in [-0.2, -0.15) is 0 Å². The van der Waals surface area contributed by atoms with Crippen LogP contribution in [0.15, 0.2) is 0 Å². The summed E-state index contributed by atoms with van der Waals surface area (Å²) in [4.78, 5) is 29.0. The van der Waals surface area contributed by atoms with Crippen molar-refractivity contribution in [2.45, 2.75) is 25.9 Å². The van der Waals surface area contributed by atoms with E-state index in [1.165, 1.54) is 0 Å². The molecule has 2 saturated heterocycles. The van der Waals surface area contributed by atoms with Gasteiger partial charge in [0.1, 0.15) is 0 Å². The molecular weight excluding hydrogens is 220 g/mol. The molecule has 0 radical (unpaired) electrons. The van der Waals surface area contributed by atoms with E-state index in [1.54, 1.807) is 16.8 Å². The Hall–Kier alpha value is -1.46. The second kappa shape index (κ2) is 4.43. The van der Waals surface area contributed by atoms with Crippen LogP contribution in [0.1, 0.15) is 13.8 Å². The van der Waals surface area contributed by atoms with Crippen LogP contribution in [0.5, 0.6) is 0 Å². The van der Waals surface area contributed by atoms with Crippen LogP contribution in [-0.2, 0) is 0 Å². The van der Waals surface area contributed by atoms with Crippen LogP contribution in [0.4, 0.5) is 9.59 Å². The Morgan fingerprint density at radius 1 is 1.35 bits per heavy atom. The highest BCUT2D eigenvalue weighted by atomic mass is 16.2. The molecule has 0 unspecified atom stereocenters. The van der Waals surface area contributed by atoms with Crippen LogP contribution in [0.25, 0.3) is 0 Å². The number of carbonyl (C=O) groups is 2. The second-order valence-corrected chi connectivity index (χ2v) is 5.06. The van der Waals surface area contributed by atoms with Crippen molar-refractivity contribution in [1.82, 2.24) is 20.0 Å². The zero-order chi connectivity index (χ0) is 12.6. The molecule has 6 heteroatoms. The molecule has 0 aromatic carbocycles. The van der Waals surface area contributed by atoms with Gasteiger partial charge >= 0.3 is 12.1 Å². The van der Waals surface area contributed by atoms with Gasteiger partial charge in [-0.15, -0.1) is 0 Å². The summed E-state index contributed by atoms with van der Waals surface area (Å²) in [5.41, 5.74) is 0. The van der Waals surface area contributed by atoms with Gasteiger partial charge in [-0.25, -0.2) is 9.59 Å². The first-order chi connectivity index (χ1) is 7.99. The Morgan fingerprint density at radius 2 is 2.06 bits per heavy atom. The van der Waals surface area contributed by atoms with Crippen molar-refractivity contribution in [2.75, 3.05) is 33.2 Å². The quantitative estimate of drug-likeness (QED) is 0.709. The molecule has 2 rings (SSSR count). The number of nitrogens with zero attached hydrogens (tertiary/aromatic N) is 3. The summed E-state index contributed by atoms with van der Waals surface area (Å²) in [5, 5.41) is 2.88. The highest BCUT2D eigenvalue weighted by molar-refractivity contribution is 5.78. The Bertz CT molecular complexity index is 331. The fraction of sp³-hybridized carbons (Fsp3) is 0.818. The minimum atomic E-state index is -0.0262. The second-order valence-electron chi connectivity index (χ2n) is 5.06. The third-order valence-electron chi connectivity index (χ3n) is 3.24. The van der Waals surface area contributed by atoms with E-state index in [2.05, 4.69) is 5.32 Å². The van der Waals surface area contributed by atoms with E-state index in [0.717, 1.165) is 0 Å². The lowest BCUT2D eigenvalue weighted by atomic mass is 10.2. The van der Waals surface area contributed by atoms with E-state index < -0.39 is 0 Å². The highest BCUT2D eigenvalue weighted by Gasteiger charge is 2.39. The summed E-state index contributed by atoms with van der Waals surface area (Å²) >= 11 is 0. The summed E-state index contributed by atoms with van der Waals surface area (Å²) in [6, 6.07) is 0.355. The fourth-order valence-corrected chi connectivity index (χ4v) is 2.40. The molecule has 0 aromatic rings. The molecule has 0 aromatic heterocycles. The zero-order valence-electron chi connectivity index (χ0n) is 10.6. The number of hydrogen-bond donors (Lipinski definition) is 1. The number of amides is 4. The molecule has 0 saturated carbocycles. The molecule has 0 spiro atoms. The Labute approximate surface area is 102 Å². The molecule has 0 aliphatic carbocycles. The van der Waals surface area contributed by atoms with Crippen LogP contribution in [0, 0.1) is 0 Å². The largest absolute Gasteiger partial charge is 0.336 e. The van der Waals surface area contributed by atoms with E-state index in [0.29, 0.717) is 26.2 Å². The van der Waals surface area contributed by atoms with Crippen molar-refractivity contribution < 1.29 is 9.59 Å². The molecule has 1 N–H and O–H groups in total.